The van der Waals surface area contributed by atoms with Gasteiger partial charge in [-0.15, -0.1) is 11.3 Å². The Balaban J connectivity index is 2.10. The molecule has 108 valence electrons. The summed E-state index contributed by atoms with van der Waals surface area (Å²) in [6, 6.07) is 7.63. The lowest BCUT2D eigenvalue weighted by molar-refractivity contribution is 0.386. The quantitative estimate of drug-likeness (QED) is 0.923. The van der Waals surface area contributed by atoms with E-state index in [1.807, 2.05) is 6.92 Å². The fourth-order valence-corrected chi connectivity index (χ4v) is 3.97. The summed E-state index contributed by atoms with van der Waals surface area (Å²) in [5.41, 5.74) is 0.528. The lowest BCUT2D eigenvalue weighted by atomic mass is 10.2. The monoisotopic (exact) mass is 315 g/mol. The molecule has 0 aliphatic carbocycles. The van der Waals surface area contributed by atoms with Crippen LogP contribution in [0.2, 0.25) is 0 Å². The molecule has 0 saturated carbocycles. The van der Waals surface area contributed by atoms with Crippen molar-refractivity contribution >= 4 is 21.4 Å². The summed E-state index contributed by atoms with van der Waals surface area (Å²) in [5, 5.41) is 0. The van der Waals surface area contributed by atoms with E-state index in [2.05, 4.69) is 4.72 Å². The highest BCUT2D eigenvalue weighted by atomic mass is 32.2. The van der Waals surface area contributed by atoms with E-state index >= 15 is 0 Å². The number of aryl methyl sites for hydroxylation is 1. The van der Waals surface area contributed by atoms with Gasteiger partial charge >= 0.3 is 0 Å². The third-order valence-electron chi connectivity index (χ3n) is 2.66. The van der Waals surface area contributed by atoms with Crippen LogP contribution in [0.3, 0.4) is 0 Å². The molecule has 7 heteroatoms. The predicted molar refractivity (Wildman–Crippen MR) is 76.0 cm³/mol. The lowest BCUT2D eigenvalue weighted by Gasteiger charge is -2.07. The van der Waals surface area contributed by atoms with Crippen molar-refractivity contribution in [2.24, 2.45) is 0 Å². The van der Waals surface area contributed by atoms with Gasteiger partial charge in [0.2, 0.25) is 10.0 Å². The van der Waals surface area contributed by atoms with Crippen LogP contribution in [-0.2, 0) is 16.6 Å². The number of benzene rings is 1. The van der Waals surface area contributed by atoms with Crippen molar-refractivity contribution in [2.45, 2.75) is 17.7 Å². The van der Waals surface area contributed by atoms with E-state index < -0.39 is 15.8 Å². The number of rotatable bonds is 5. The number of nitrogens with one attached hydrogen (secondary N) is 1. The molecule has 0 saturated heterocycles. The second kappa shape index (κ2) is 5.90. The van der Waals surface area contributed by atoms with Crippen LogP contribution in [-0.4, -0.2) is 15.5 Å². The van der Waals surface area contributed by atoms with Gasteiger partial charge in [0.25, 0.3) is 0 Å². The number of hydrogen-bond acceptors (Lipinski definition) is 4. The number of halogens is 1. The van der Waals surface area contributed by atoms with Crippen LogP contribution < -0.4 is 9.46 Å². The topological polar surface area (TPSA) is 55.4 Å². The number of methoxy groups -OCH3 is 1. The van der Waals surface area contributed by atoms with Gasteiger partial charge in [-0.2, -0.15) is 0 Å². The minimum absolute atomic E-state index is 0.0280. The van der Waals surface area contributed by atoms with E-state index in [-0.39, 0.29) is 16.5 Å². The second-order valence-electron chi connectivity index (χ2n) is 4.16. The smallest absolute Gasteiger partial charge is 0.250 e. The summed E-state index contributed by atoms with van der Waals surface area (Å²) in [4.78, 5) is 0.917. The van der Waals surface area contributed by atoms with Crippen molar-refractivity contribution in [1.82, 2.24) is 4.72 Å². The third kappa shape index (κ3) is 3.36. The standard InChI is InChI=1S/C13H14FNO3S2/c1-9-3-6-13(19-9)20(16,17)15-8-10-4-5-12(18-2)11(14)7-10/h3-7,15H,8H2,1-2H3. The molecule has 2 rings (SSSR count). The Kier molecular flexibility index (Phi) is 4.42. The van der Waals surface area contributed by atoms with E-state index in [1.165, 1.54) is 30.6 Å². The molecule has 4 nitrogen and oxygen atoms in total. The molecule has 0 unspecified atom stereocenters. The van der Waals surface area contributed by atoms with Crippen molar-refractivity contribution in [1.29, 1.82) is 0 Å². The Labute approximate surface area is 121 Å². The van der Waals surface area contributed by atoms with Crippen LogP contribution in [0, 0.1) is 12.7 Å². The van der Waals surface area contributed by atoms with Crippen LogP contribution in [0.1, 0.15) is 10.4 Å². The van der Waals surface area contributed by atoms with Crippen LogP contribution >= 0.6 is 11.3 Å². The van der Waals surface area contributed by atoms with Gasteiger partial charge in [-0.1, -0.05) is 6.07 Å². The normalized spacial score (nSPS) is 11.6. The van der Waals surface area contributed by atoms with Crippen molar-refractivity contribution in [2.75, 3.05) is 7.11 Å². The van der Waals surface area contributed by atoms with Crippen molar-refractivity contribution < 1.29 is 17.5 Å². The van der Waals surface area contributed by atoms with Crippen molar-refractivity contribution in [3.05, 3.63) is 46.6 Å². The minimum atomic E-state index is -3.55. The molecule has 0 spiro atoms. The first kappa shape index (κ1) is 15.0. The zero-order valence-corrected chi connectivity index (χ0v) is 12.6. The maximum atomic E-state index is 13.5. The zero-order valence-electron chi connectivity index (χ0n) is 11.0. The van der Waals surface area contributed by atoms with Gasteiger partial charge in [-0.25, -0.2) is 17.5 Å². The lowest BCUT2D eigenvalue weighted by Crippen LogP contribution is -2.22. The molecule has 0 aliphatic heterocycles. The summed E-state index contributed by atoms with van der Waals surface area (Å²) in [6.07, 6.45) is 0. The largest absolute Gasteiger partial charge is 0.494 e. The zero-order chi connectivity index (χ0) is 14.8. The van der Waals surface area contributed by atoms with E-state index in [0.717, 1.165) is 4.88 Å². The van der Waals surface area contributed by atoms with Gasteiger partial charge < -0.3 is 4.74 Å². The molecule has 1 aromatic heterocycles. The summed E-state index contributed by atoms with van der Waals surface area (Å²) in [7, 11) is -2.18. The van der Waals surface area contributed by atoms with Gasteiger partial charge in [0.15, 0.2) is 11.6 Å². The van der Waals surface area contributed by atoms with Gasteiger partial charge in [-0.3, -0.25) is 0 Å². The van der Waals surface area contributed by atoms with Crippen LogP contribution in [0.5, 0.6) is 5.75 Å². The number of ether oxygens (including phenoxy) is 1. The first-order chi connectivity index (χ1) is 9.42. The fourth-order valence-electron chi connectivity index (χ4n) is 1.63. The maximum Gasteiger partial charge on any atom is 0.250 e. The average molecular weight is 315 g/mol. The summed E-state index contributed by atoms with van der Waals surface area (Å²) in [6.45, 7) is 1.86. The highest BCUT2D eigenvalue weighted by molar-refractivity contribution is 7.91. The number of sulfonamides is 1. The first-order valence-electron chi connectivity index (χ1n) is 5.81. The average Bonchev–Trinajstić information content (AvgIpc) is 2.84. The molecular weight excluding hydrogens is 301 g/mol. The van der Waals surface area contributed by atoms with Crippen LogP contribution in [0.15, 0.2) is 34.5 Å². The first-order valence-corrected chi connectivity index (χ1v) is 8.11. The molecule has 1 heterocycles. The molecule has 0 amide bonds. The minimum Gasteiger partial charge on any atom is -0.494 e. The van der Waals surface area contributed by atoms with Gasteiger partial charge in [0.05, 0.1) is 7.11 Å². The Morgan fingerprint density at radius 1 is 1.30 bits per heavy atom. The van der Waals surface area contributed by atoms with E-state index in [9.17, 15) is 12.8 Å². The van der Waals surface area contributed by atoms with Gasteiger partial charge in [0.1, 0.15) is 4.21 Å². The Morgan fingerprint density at radius 2 is 2.05 bits per heavy atom. The van der Waals surface area contributed by atoms with Crippen LogP contribution in [0.25, 0.3) is 0 Å². The molecular formula is C13H14FNO3S2. The van der Waals surface area contributed by atoms with E-state index in [1.54, 1.807) is 18.2 Å². The fraction of sp³-hybridized carbons (Fsp3) is 0.231. The van der Waals surface area contributed by atoms with Crippen molar-refractivity contribution in [3.8, 4) is 5.75 Å². The summed E-state index contributed by atoms with van der Waals surface area (Å²) >= 11 is 1.19. The third-order valence-corrected chi connectivity index (χ3v) is 5.56. The molecule has 0 radical (unpaired) electrons. The molecule has 1 aromatic carbocycles. The van der Waals surface area contributed by atoms with Crippen LogP contribution in [0.4, 0.5) is 4.39 Å². The van der Waals surface area contributed by atoms with E-state index in [0.29, 0.717) is 5.56 Å². The van der Waals surface area contributed by atoms with Gasteiger partial charge in [-0.05, 0) is 36.8 Å². The summed E-state index contributed by atoms with van der Waals surface area (Å²) in [5.74, 6) is -0.387. The molecule has 0 atom stereocenters. The molecule has 1 N–H and O–H groups in total. The number of thiophene rings is 1. The van der Waals surface area contributed by atoms with Gasteiger partial charge in [0, 0.05) is 11.4 Å². The highest BCUT2D eigenvalue weighted by Gasteiger charge is 2.16. The number of hydrogen-bond donors (Lipinski definition) is 1. The van der Waals surface area contributed by atoms with E-state index in [4.69, 9.17) is 4.74 Å². The Bertz CT molecular complexity index is 710. The maximum absolute atomic E-state index is 13.5. The molecule has 0 aliphatic rings. The van der Waals surface area contributed by atoms with Crippen molar-refractivity contribution in [3.63, 3.8) is 0 Å². The Hall–Kier alpha value is -1.44. The highest BCUT2D eigenvalue weighted by Crippen LogP contribution is 2.21. The summed E-state index contributed by atoms with van der Waals surface area (Å²) < 4.78 is 45.0. The Morgan fingerprint density at radius 3 is 2.60 bits per heavy atom. The molecule has 2 aromatic rings. The molecule has 0 fully saturated rings. The predicted octanol–water partition coefficient (Wildman–Crippen LogP) is 2.68. The SMILES string of the molecule is COc1ccc(CNS(=O)(=O)c2ccc(C)s2)cc1F. The molecule has 20 heavy (non-hydrogen) atoms. The molecule has 0 bridgehead atoms. The second-order valence-corrected chi connectivity index (χ2v) is 7.44.